The summed E-state index contributed by atoms with van der Waals surface area (Å²) >= 11 is 36.1. The van der Waals surface area contributed by atoms with Gasteiger partial charge in [-0.15, -0.1) is 0 Å². The number of benzene rings is 4. The van der Waals surface area contributed by atoms with E-state index < -0.39 is 11.9 Å². The van der Waals surface area contributed by atoms with Crippen LogP contribution in [0.2, 0.25) is 20.1 Å². The number of nitrogens with two attached hydrogens (primary N) is 1. The average Bonchev–Trinajstić information content (AvgIpc) is 4.13. The molecule has 3 aliphatic rings. The topological polar surface area (TPSA) is 243 Å². The number of carboxylic acids is 1. The molecule has 0 bridgehead atoms. The molecule has 9 rings (SSSR count). The number of anilines is 2. The molecule has 4 N–H and O–H groups in total. The van der Waals surface area contributed by atoms with Gasteiger partial charge in [-0.05, 0) is 108 Å². The third kappa shape index (κ3) is 24.9. The van der Waals surface area contributed by atoms with Gasteiger partial charge in [-0.2, -0.15) is 0 Å². The molecule has 27 heteroatoms. The Hall–Kier alpha value is -4.53. The summed E-state index contributed by atoms with van der Waals surface area (Å²) in [4.78, 5) is 74.3. The van der Waals surface area contributed by atoms with Gasteiger partial charge in [0, 0.05) is 77.1 Å². The van der Waals surface area contributed by atoms with Crippen molar-refractivity contribution in [2.45, 2.75) is 71.6 Å². The molecule has 6 aromatic rings. The molecule has 18 nitrogen and oxygen atoms in total. The number of rotatable bonds is 16. The van der Waals surface area contributed by atoms with Crippen LogP contribution in [0.15, 0.2) is 97.1 Å². The van der Waals surface area contributed by atoms with Gasteiger partial charge in [-0.3, -0.25) is 14.4 Å². The molecule has 2 aromatic heterocycles. The van der Waals surface area contributed by atoms with Crippen LogP contribution in [-0.4, -0.2) is 152 Å². The standard InChI is InChI=1S/C18H21ClN2O3S.C16H17ClN2O3S.C13H15ClO3.C9H8Cl2O.C5H10N2OS.Na.H2O/c1-3-24-17(22)16-15(12(2)13-4-6-14(19)7-5-13)20-18(25-16)21-8-10-23-11-9-21;1-10(11-2-4-12(17)5-3-11)13-14(15(20)21)23-16(18-13)19-6-8-22-9-7-19;1-3-17-13(16)8-12(15)9(2)10-4-6-11(14)7-5-10;1-6(9(11)12)7-2-4-8(10)5-3-7;6-5(9)7-1-3-8-4-2-7;;/h4-7,12H,3,8-11H2,1-2H3;2-5,10H,6-9H2,1H3,(H,20,21);4-7,9H,3,8H2,1-2H3;2-6H,1H3;1-4H2,(H2,6,9);;1H2/q;;;;;+1;/p-1. The molecule has 4 atom stereocenters. The molecule has 0 spiro atoms. The maximum Gasteiger partial charge on any atom is 1.00 e. The van der Waals surface area contributed by atoms with Crippen molar-refractivity contribution in [2.75, 3.05) is 102 Å². The SMILES string of the molecule is CC(C(=O)Cl)c1ccc(Cl)cc1.CC(c1ccc(Cl)cc1)c1nc(N2CCOCC2)sc1C(=O)O.CCOC(=O)CC(=O)C(C)c1ccc(Cl)cc1.CCOC(=O)c1sc(N2CCOCC2)nc1C(C)c1ccc(Cl)cc1.NC(=S)N1CCOCC1.[Na+].[OH-]. The van der Waals surface area contributed by atoms with E-state index in [2.05, 4.69) is 14.8 Å². The van der Waals surface area contributed by atoms with Crippen molar-refractivity contribution in [3.63, 3.8) is 0 Å². The minimum Gasteiger partial charge on any atom is -0.870 e. The van der Waals surface area contributed by atoms with E-state index in [9.17, 15) is 29.1 Å². The van der Waals surface area contributed by atoms with Crippen molar-refractivity contribution < 1.29 is 87.8 Å². The number of halogens is 5. The average molecular weight is 1380 g/mol. The number of carbonyl (C=O) groups excluding carboxylic acids is 4. The number of ether oxygens (including phenoxy) is 5. The van der Waals surface area contributed by atoms with Gasteiger partial charge in [0.1, 0.15) is 16.2 Å². The van der Waals surface area contributed by atoms with Crippen molar-refractivity contribution in [2.24, 2.45) is 5.73 Å². The van der Waals surface area contributed by atoms with Crippen LogP contribution in [0.3, 0.4) is 0 Å². The van der Waals surface area contributed by atoms with E-state index in [4.69, 9.17) is 105 Å². The van der Waals surface area contributed by atoms with E-state index in [1.165, 1.54) is 22.7 Å². The number of ketones is 1. The Balaban J connectivity index is 0.000000298. The molecule has 472 valence electrons. The maximum atomic E-state index is 12.4. The first kappa shape index (κ1) is 77.7. The summed E-state index contributed by atoms with van der Waals surface area (Å²) < 4.78 is 25.8. The number of esters is 2. The van der Waals surface area contributed by atoms with Gasteiger partial charge < -0.3 is 54.7 Å². The molecule has 4 aromatic carbocycles. The fraction of sp³-hybridized carbons (Fsp3) is 0.410. The molecule has 5 heterocycles. The van der Waals surface area contributed by atoms with E-state index >= 15 is 0 Å². The van der Waals surface area contributed by atoms with Gasteiger partial charge in [0.2, 0.25) is 5.24 Å². The Morgan fingerprint density at radius 1 is 0.580 bits per heavy atom. The van der Waals surface area contributed by atoms with Gasteiger partial charge in [0.05, 0.1) is 70.2 Å². The molecular formula is C61H72Cl5N6NaO12S3. The quantitative estimate of drug-likeness (QED) is 0.0301. The summed E-state index contributed by atoms with van der Waals surface area (Å²) in [6.07, 6.45) is -0.183. The predicted octanol–water partition coefficient (Wildman–Crippen LogP) is 10.0. The van der Waals surface area contributed by atoms with Crippen LogP contribution in [0.4, 0.5) is 10.3 Å². The van der Waals surface area contributed by atoms with E-state index in [0.717, 1.165) is 90.7 Å². The monoisotopic (exact) mass is 1370 g/mol. The van der Waals surface area contributed by atoms with Crippen molar-refractivity contribution >= 4 is 137 Å². The molecule has 0 saturated carbocycles. The van der Waals surface area contributed by atoms with Crippen molar-refractivity contribution in [3.05, 3.63) is 161 Å². The molecule has 4 unspecified atom stereocenters. The van der Waals surface area contributed by atoms with Gasteiger partial charge in [-0.1, -0.05) is 145 Å². The number of thiocarbonyl (C=S) groups is 1. The van der Waals surface area contributed by atoms with Gasteiger partial charge in [0.25, 0.3) is 0 Å². The molecule has 0 amide bonds. The van der Waals surface area contributed by atoms with Gasteiger partial charge in [0.15, 0.2) is 21.2 Å². The number of hydrogen-bond donors (Lipinski definition) is 2. The van der Waals surface area contributed by atoms with E-state index in [1.54, 1.807) is 69.3 Å². The first-order valence-electron chi connectivity index (χ1n) is 27.7. The van der Waals surface area contributed by atoms with Crippen LogP contribution >= 0.6 is 92.9 Å². The van der Waals surface area contributed by atoms with Gasteiger partial charge >= 0.3 is 47.5 Å². The number of Topliss-reactive ketones (excluding diaryl/α,β-unsaturated/α-hetero) is 1. The predicted molar refractivity (Wildman–Crippen MR) is 349 cm³/mol. The van der Waals surface area contributed by atoms with Crippen LogP contribution in [0.1, 0.15) is 125 Å². The number of aromatic nitrogens is 2. The summed E-state index contributed by atoms with van der Waals surface area (Å²) in [5.74, 6) is -2.58. The smallest absolute Gasteiger partial charge is 0.870 e. The molecule has 3 aliphatic heterocycles. The zero-order valence-electron chi connectivity index (χ0n) is 50.1. The maximum absolute atomic E-state index is 12.4. The minimum atomic E-state index is -0.933. The number of aromatic carboxylic acids is 1. The third-order valence-corrected chi connectivity index (χ3v) is 17.4. The number of nitrogens with zero attached hydrogens (tertiary/aromatic N) is 5. The summed E-state index contributed by atoms with van der Waals surface area (Å²) in [5, 5.41) is 13.9. The van der Waals surface area contributed by atoms with Crippen LogP contribution < -0.4 is 45.1 Å². The molecule has 3 fully saturated rings. The first-order chi connectivity index (χ1) is 41.1. The third-order valence-electron chi connectivity index (χ3n) is 13.6. The molecule has 0 aliphatic carbocycles. The fourth-order valence-corrected chi connectivity index (χ4v) is 11.4. The number of morpholine rings is 3. The summed E-state index contributed by atoms with van der Waals surface area (Å²) in [7, 11) is 0. The molecule has 88 heavy (non-hydrogen) atoms. The summed E-state index contributed by atoms with van der Waals surface area (Å²) in [6, 6.07) is 29.2. The summed E-state index contributed by atoms with van der Waals surface area (Å²) in [5.41, 5.74) is 10.5. The van der Waals surface area contributed by atoms with E-state index in [0.29, 0.717) is 80.3 Å². The minimum absolute atomic E-state index is 0. The number of carbonyl (C=O) groups is 5. The second-order valence-corrected chi connectivity index (χ2v) is 23.9. The van der Waals surface area contributed by atoms with Gasteiger partial charge in [-0.25, -0.2) is 19.6 Å². The Labute approximate surface area is 574 Å². The summed E-state index contributed by atoms with van der Waals surface area (Å²) in [6.45, 7) is 20.6. The second-order valence-electron chi connectivity index (χ2n) is 19.4. The fourth-order valence-electron chi connectivity index (χ4n) is 8.43. The Morgan fingerprint density at radius 2 is 0.920 bits per heavy atom. The Morgan fingerprint density at radius 3 is 1.26 bits per heavy atom. The van der Waals surface area contributed by atoms with Crippen molar-refractivity contribution in [1.82, 2.24) is 14.9 Å². The second kappa shape index (κ2) is 40.4. The zero-order chi connectivity index (χ0) is 62.9. The van der Waals surface area contributed by atoms with Crippen LogP contribution in [0.25, 0.3) is 0 Å². The Kier molecular flexibility index (Phi) is 35.6. The van der Waals surface area contributed by atoms with E-state index in [1.807, 2.05) is 74.2 Å². The Bertz CT molecular complexity index is 3130. The van der Waals surface area contributed by atoms with Crippen LogP contribution in [0.5, 0.6) is 0 Å². The number of thiazole rings is 2. The number of hydrogen-bond acceptors (Lipinski definition) is 18. The first-order valence-corrected chi connectivity index (χ1v) is 31.6. The molecular weight excluding hydrogens is 1310 g/mol. The van der Waals surface area contributed by atoms with Crippen molar-refractivity contribution in [1.29, 1.82) is 0 Å². The largest absolute Gasteiger partial charge is 1.00 e. The molecule has 3 saturated heterocycles. The molecule has 0 radical (unpaired) electrons. The van der Waals surface area contributed by atoms with Crippen molar-refractivity contribution in [3.8, 4) is 0 Å². The normalized spacial score (nSPS) is 14.8. The van der Waals surface area contributed by atoms with Crippen LogP contribution in [0, 0.1) is 0 Å². The van der Waals surface area contributed by atoms with Crippen LogP contribution in [-0.2, 0) is 38.1 Å². The zero-order valence-corrected chi connectivity index (χ0v) is 58.3. The number of carboxylic acid groups (broad SMARTS) is 1. The van der Waals surface area contributed by atoms with E-state index in [-0.39, 0.29) is 82.1 Å².